The average molecular weight is 254 g/mol. The second kappa shape index (κ2) is 5.44. The Hall–Kier alpha value is -1.49. The van der Waals surface area contributed by atoms with Gasteiger partial charge in [-0.3, -0.25) is 4.79 Å². The smallest absolute Gasteiger partial charge is 0.257 e. The molecule has 0 saturated heterocycles. The first-order valence-corrected chi connectivity index (χ1v) is 6.10. The van der Waals surface area contributed by atoms with Gasteiger partial charge in [-0.2, -0.15) is 0 Å². The van der Waals surface area contributed by atoms with E-state index in [0.29, 0.717) is 13.1 Å². The molecule has 0 bridgehead atoms. The summed E-state index contributed by atoms with van der Waals surface area (Å²) < 4.78 is 26.7. The fourth-order valence-electron chi connectivity index (χ4n) is 2.11. The van der Waals surface area contributed by atoms with Gasteiger partial charge in [0.2, 0.25) is 0 Å². The number of hydrogen-bond acceptors (Lipinski definition) is 2. The molecular formula is C13H16F2N2O. The van der Waals surface area contributed by atoms with E-state index >= 15 is 0 Å². The summed E-state index contributed by atoms with van der Waals surface area (Å²) in [5.74, 6) is -2.55. The summed E-state index contributed by atoms with van der Waals surface area (Å²) in [6, 6.07) is 3.77. The minimum Gasteiger partial charge on any atom is -0.334 e. The van der Waals surface area contributed by atoms with E-state index in [4.69, 9.17) is 5.73 Å². The van der Waals surface area contributed by atoms with Crippen molar-refractivity contribution in [2.24, 2.45) is 5.73 Å². The molecule has 1 aromatic carbocycles. The molecule has 1 amide bonds. The Balaban J connectivity index is 2.24. The van der Waals surface area contributed by atoms with Crippen molar-refractivity contribution in [3.05, 3.63) is 35.4 Å². The van der Waals surface area contributed by atoms with Gasteiger partial charge in [0.05, 0.1) is 5.56 Å². The lowest BCUT2D eigenvalue weighted by atomic mass is 9.91. The zero-order valence-electron chi connectivity index (χ0n) is 10.0. The Morgan fingerprint density at radius 1 is 1.39 bits per heavy atom. The molecule has 2 rings (SSSR count). The highest BCUT2D eigenvalue weighted by molar-refractivity contribution is 5.94. The van der Waals surface area contributed by atoms with E-state index in [0.717, 1.165) is 25.3 Å². The van der Waals surface area contributed by atoms with E-state index in [1.165, 1.54) is 12.1 Å². The lowest BCUT2D eigenvalue weighted by Gasteiger charge is -2.37. The van der Waals surface area contributed by atoms with Crippen LogP contribution in [0.3, 0.4) is 0 Å². The van der Waals surface area contributed by atoms with E-state index < -0.39 is 17.5 Å². The van der Waals surface area contributed by atoms with Crippen LogP contribution in [-0.2, 0) is 0 Å². The van der Waals surface area contributed by atoms with E-state index in [1.54, 1.807) is 4.90 Å². The first-order chi connectivity index (χ1) is 8.65. The average Bonchev–Trinajstić information content (AvgIpc) is 2.29. The van der Waals surface area contributed by atoms with Crippen molar-refractivity contribution in [3.8, 4) is 0 Å². The molecule has 0 aliphatic heterocycles. The molecule has 3 nitrogen and oxygen atoms in total. The number of amides is 1. The molecule has 1 aromatic rings. The van der Waals surface area contributed by atoms with Gasteiger partial charge in [-0.25, -0.2) is 8.78 Å². The number of halogens is 2. The molecule has 0 spiro atoms. The van der Waals surface area contributed by atoms with Gasteiger partial charge in [-0.05, 0) is 31.4 Å². The van der Waals surface area contributed by atoms with Gasteiger partial charge in [-0.15, -0.1) is 0 Å². The van der Waals surface area contributed by atoms with Crippen molar-refractivity contribution in [2.45, 2.75) is 25.3 Å². The summed E-state index contributed by atoms with van der Waals surface area (Å²) >= 11 is 0. The van der Waals surface area contributed by atoms with Gasteiger partial charge in [0.15, 0.2) is 11.6 Å². The fourth-order valence-corrected chi connectivity index (χ4v) is 2.11. The molecule has 0 atom stereocenters. The Kier molecular flexibility index (Phi) is 3.91. The van der Waals surface area contributed by atoms with Crippen LogP contribution in [0.2, 0.25) is 0 Å². The lowest BCUT2D eigenvalue weighted by molar-refractivity contribution is 0.0583. The van der Waals surface area contributed by atoms with Crippen molar-refractivity contribution in [2.75, 3.05) is 13.1 Å². The predicted octanol–water partition coefficient (Wildman–Crippen LogP) is 1.92. The molecule has 1 saturated carbocycles. The van der Waals surface area contributed by atoms with Crippen LogP contribution in [0, 0.1) is 11.6 Å². The summed E-state index contributed by atoms with van der Waals surface area (Å²) in [6.07, 6.45) is 2.87. The molecule has 0 aromatic heterocycles. The molecule has 1 fully saturated rings. The van der Waals surface area contributed by atoms with Gasteiger partial charge in [0.1, 0.15) is 0 Å². The topological polar surface area (TPSA) is 46.3 Å². The van der Waals surface area contributed by atoms with Crippen molar-refractivity contribution >= 4 is 5.91 Å². The molecule has 5 heteroatoms. The van der Waals surface area contributed by atoms with Crippen molar-refractivity contribution in [3.63, 3.8) is 0 Å². The van der Waals surface area contributed by atoms with Gasteiger partial charge in [-0.1, -0.05) is 6.07 Å². The van der Waals surface area contributed by atoms with E-state index in [2.05, 4.69) is 0 Å². The maximum atomic E-state index is 13.6. The zero-order valence-corrected chi connectivity index (χ0v) is 10.0. The van der Waals surface area contributed by atoms with Crippen LogP contribution in [0.5, 0.6) is 0 Å². The number of benzene rings is 1. The SMILES string of the molecule is NCCN(C(=O)c1cccc(F)c1F)C1CCC1. The molecule has 1 aliphatic rings. The molecule has 2 N–H and O–H groups in total. The summed E-state index contributed by atoms with van der Waals surface area (Å²) in [7, 11) is 0. The quantitative estimate of drug-likeness (QED) is 0.892. The molecule has 0 heterocycles. The second-order valence-corrected chi connectivity index (χ2v) is 4.47. The Labute approximate surface area is 105 Å². The van der Waals surface area contributed by atoms with E-state index in [1.807, 2.05) is 0 Å². The third kappa shape index (κ3) is 2.36. The number of nitrogens with two attached hydrogens (primary N) is 1. The Morgan fingerprint density at radius 3 is 2.67 bits per heavy atom. The largest absolute Gasteiger partial charge is 0.334 e. The predicted molar refractivity (Wildman–Crippen MR) is 64.1 cm³/mol. The van der Waals surface area contributed by atoms with E-state index in [9.17, 15) is 13.6 Å². The van der Waals surface area contributed by atoms with Gasteiger partial charge in [0.25, 0.3) is 5.91 Å². The highest BCUT2D eigenvalue weighted by atomic mass is 19.2. The van der Waals surface area contributed by atoms with Crippen LogP contribution in [0.4, 0.5) is 8.78 Å². The molecule has 1 aliphatic carbocycles. The minimum atomic E-state index is -1.08. The molecular weight excluding hydrogens is 238 g/mol. The van der Waals surface area contributed by atoms with Crippen LogP contribution in [-0.4, -0.2) is 29.9 Å². The first-order valence-electron chi connectivity index (χ1n) is 6.10. The number of nitrogens with zero attached hydrogens (tertiary/aromatic N) is 1. The number of rotatable bonds is 4. The van der Waals surface area contributed by atoms with Gasteiger partial charge >= 0.3 is 0 Å². The summed E-state index contributed by atoms with van der Waals surface area (Å²) in [6.45, 7) is 0.693. The van der Waals surface area contributed by atoms with Gasteiger partial charge < -0.3 is 10.6 Å². The van der Waals surface area contributed by atoms with Crippen molar-refractivity contribution < 1.29 is 13.6 Å². The number of hydrogen-bond donors (Lipinski definition) is 1. The van der Waals surface area contributed by atoms with E-state index in [-0.39, 0.29) is 11.6 Å². The maximum Gasteiger partial charge on any atom is 0.257 e. The summed E-state index contributed by atoms with van der Waals surface area (Å²) in [4.78, 5) is 13.8. The standard InChI is InChI=1S/C13H16F2N2O/c14-11-6-2-5-10(12(11)15)13(18)17(8-7-16)9-3-1-4-9/h2,5-6,9H,1,3-4,7-8,16H2. The third-order valence-electron chi connectivity index (χ3n) is 3.33. The van der Waals surface area contributed by atoms with Crippen LogP contribution in [0.1, 0.15) is 29.6 Å². The van der Waals surface area contributed by atoms with Crippen LogP contribution in [0.25, 0.3) is 0 Å². The minimum absolute atomic E-state index is 0.115. The summed E-state index contributed by atoms with van der Waals surface area (Å²) in [5.41, 5.74) is 5.26. The highest BCUT2D eigenvalue weighted by Gasteiger charge is 2.30. The Bertz CT molecular complexity index is 447. The molecule has 0 radical (unpaired) electrons. The summed E-state index contributed by atoms with van der Waals surface area (Å²) in [5, 5.41) is 0. The van der Waals surface area contributed by atoms with Crippen molar-refractivity contribution in [1.82, 2.24) is 4.90 Å². The third-order valence-corrected chi connectivity index (χ3v) is 3.33. The van der Waals surface area contributed by atoms with Crippen LogP contribution >= 0.6 is 0 Å². The monoisotopic (exact) mass is 254 g/mol. The molecule has 0 unspecified atom stereocenters. The maximum absolute atomic E-state index is 13.6. The lowest BCUT2D eigenvalue weighted by Crippen LogP contribution is -2.46. The number of carbonyl (C=O) groups excluding carboxylic acids is 1. The fraction of sp³-hybridized carbons (Fsp3) is 0.462. The van der Waals surface area contributed by atoms with Crippen LogP contribution in [0.15, 0.2) is 18.2 Å². The number of carbonyl (C=O) groups is 1. The molecule has 98 valence electrons. The second-order valence-electron chi connectivity index (χ2n) is 4.47. The van der Waals surface area contributed by atoms with Gasteiger partial charge in [0, 0.05) is 19.1 Å². The van der Waals surface area contributed by atoms with Crippen LogP contribution < -0.4 is 5.73 Å². The normalized spacial score (nSPS) is 15.3. The zero-order chi connectivity index (χ0) is 13.1. The highest BCUT2D eigenvalue weighted by Crippen LogP contribution is 2.26. The van der Waals surface area contributed by atoms with Crippen molar-refractivity contribution in [1.29, 1.82) is 0 Å². The first kappa shape index (κ1) is 13.0. The molecule has 18 heavy (non-hydrogen) atoms. The Morgan fingerprint density at radius 2 is 2.11 bits per heavy atom.